The third kappa shape index (κ3) is 6.79. The molecule has 0 aliphatic rings. The summed E-state index contributed by atoms with van der Waals surface area (Å²) >= 11 is 0. The highest BCUT2D eigenvalue weighted by Gasteiger charge is 2.34. The molecule has 1 N–H and O–H groups in total. The highest BCUT2D eigenvalue weighted by molar-refractivity contribution is 8.10. The Bertz CT molecular complexity index is 1370. The summed E-state index contributed by atoms with van der Waals surface area (Å²) in [6.07, 6.45) is -0.611. The van der Waals surface area contributed by atoms with Crippen molar-refractivity contribution in [2.45, 2.75) is 20.8 Å². The van der Waals surface area contributed by atoms with E-state index in [-0.39, 0.29) is 14.7 Å². The fraction of sp³-hybridized carbons (Fsp3) is 0.182. The maximum absolute atomic E-state index is 13.1. The monoisotopic (exact) mass is 528 g/mol. The highest BCUT2D eigenvalue weighted by atomic mass is 32.3. The van der Waals surface area contributed by atoms with Crippen LogP contribution in [0.4, 0.5) is 0 Å². The summed E-state index contributed by atoms with van der Waals surface area (Å²) in [4.78, 5) is -0.376. The Morgan fingerprint density at radius 2 is 1.18 bits per heavy atom. The smallest absolute Gasteiger partial charge is 0.297 e. The number of hydrogen-bond acceptors (Lipinski definition) is 8. The van der Waals surface area contributed by atoms with Crippen LogP contribution in [-0.2, 0) is 42.4 Å². The Hall–Kier alpha value is -2.45. The van der Waals surface area contributed by atoms with E-state index >= 15 is 0 Å². The standard InChI is InChI=1S/C22H24O9S3/c1-34(27,28,22-15-9-4-10-16-22)30-18-19(31-33(25,26)21-13-7-3-8-14-21)17-29-32(23,24)20-11-5-2-6-12-20/h2-16,19H,17-18H2,1H3,(H,27,28). The van der Waals surface area contributed by atoms with Gasteiger partial charge in [0.05, 0.1) is 27.9 Å². The Balaban J connectivity index is 1.84. The van der Waals surface area contributed by atoms with Crippen molar-refractivity contribution in [1.29, 1.82) is 0 Å². The molecule has 9 nitrogen and oxygen atoms in total. The van der Waals surface area contributed by atoms with E-state index in [0.29, 0.717) is 0 Å². The summed E-state index contributed by atoms with van der Waals surface area (Å²) in [6.45, 7) is -1.55. The zero-order valence-corrected chi connectivity index (χ0v) is 20.5. The van der Waals surface area contributed by atoms with Gasteiger partial charge in [-0.25, -0.2) is 4.21 Å². The van der Waals surface area contributed by atoms with Crippen molar-refractivity contribution in [2.75, 3.05) is 19.5 Å². The SMILES string of the molecule is CS(=O)(O)(OCC(COS(=O)(=O)c1ccccc1)OS(=O)(=O)c1ccccc1)c1ccccc1. The lowest BCUT2D eigenvalue weighted by Crippen LogP contribution is -2.39. The molecule has 1 atom stereocenters. The summed E-state index contributed by atoms with van der Waals surface area (Å²) < 4.78 is 89.6. The van der Waals surface area contributed by atoms with Gasteiger partial charge in [-0.1, -0.05) is 54.6 Å². The molecule has 3 aromatic rings. The third-order valence-corrected chi connectivity index (χ3v) is 9.25. The Morgan fingerprint density at radius 1 is 0.735 bits per heavy atom. The van der Waals surface area contributed by atoms with Gasteiger partial charge in [-0.05, 0) is 36.4 Å². The quantitative estimate of drug-likeness (QED) is 0.373. The van der Waals surface area contributed by atoms with Crippen LogP contribution in [0.1, 0.15) is 0 Å². The van der Waals surface area contributed by atoms with E-state index in [0.717, 1.165) is 6.26 Å². The average molecular weight is 529 g/mol. The second-order valence-electron chi connectivity index (χ2n) is 7.33. The van der Waals surface area contributed by atoms with Gasteiger partial charge in [0, 0.05) is 6.26 Å². The lowest BCUT2D eigenvalue weighted by atomic mass is 10.4. The number of hydrogen-bond donors (Lipinski definition) is 1. The minimum atomic E-state index is -4.87. The predicted molar refractivity (Wildman–Crippen MR) is 125 cm³/mol. The third-order valence-electron chi connectivity index (χ3n) is 4.54. The second kappa shape index (κ2) is 10.0. The van der Waals surface area contributed by atoms with Crippen LogP contribution in [0.2, 0.25) is 0 Å². The van der Waals surface area contributed by atoms with Crippen LogP contribution < -0.4 is 0 Å². The largest absolute Gasteiger partial charge is 0.304 e. The number of benzene rings is 3. The molecule has 0 amide bonds. The molecule has 3 rings (SSSR count). The molecular weight excluding hydrogens is 504 g/mol. The molecule has 12 heteroatoms. The molecule has 34 heavy (non-hydrogen) atoms. The molecule has 3 aromatic carbocycles. The lowest BCUT2D eigenvalue weighted by molar-refractivity contribution is 0.0845. The van der Waals surface area contributed by atoms with E-state index in [9.17, 15) is 25.6 Å². The van der Waals surface area contributed by atoms with Crippen molar-refractivity contribution < 1.29 is 38.1 Å². The van der Waals surface area contributed by atoms with E-state index in [2.05, 4.69) is 0 Å². The van der Waals surface area contributed by atoms with Crippen molar-refractivity contribution in [1.82, 2.24) is 0 Å². The van der Waals surface area contributed by atoms with Gasteiger partial charge in [0.15, 0.2) is 0 Å². The van der Waals surface area contributed by atoms with Crippen LogP contribution >= 0.6 is 0 Å². The lowest BCUT2D eigenvalue weighted by Gasteiger charge is -2.33. The van der Waals surface area contributed by atoms with Gasteiger partial charge in [0.2, 0.25) is 0 Å². The predicted octanol–water partition coefficient (Wildman–Crippen LogP) is 3.08. The van der Waals surface area contributed by atoms with Crippen molar-refractivity contribution in [2.24, 2.45) is 0 Å². The molecule has 0 aromatic heterocycles. The van der Waals surface area contributed by atoms with E-state index < -0.39 is 49.2 Å². The molecule has 0 saturated heterocycles. The van der Waals surface area contributed by atoms with E-state index in [1.807, 2.05) is 0 Å². The van der Waals surface area contributed by atoms with Gasteiger partial charge in [-0.15, -0.1) is 0 Å². The first-order valence-electron chi connectivity index (χ1n) is 9.90. The van der Waals surface area contributed by atoms with Crippen LogP contribution in [0.15, 0.2) is 106 Å². The maximum Gasteiger partial charge on any atom is 0.297 e. The summed E-state index contributed by atoms with van der Waals surface area (Å²) in [5.41, 5.74) is 0. The zero-order valence-electron chi connectivity index (χ0n) is 18.1. The average Bonchev–Trinajstić information content (AvgIpc) is 2.82. The van der Waals surface area contributed by atoms with Gasteiger partial charge in [-0.3, -0.25) is 12.5 Å². The first kappa shape index (κ1) is 26.2. The summed E-state index contributed by atoms with van der Waals surface area (Å²) in [7, 11) is -13.5. The molecule has 0 spiro atoms. The Morgan fingerprint density at radius 3 is 1.68 bits per heavy atom. The van der Waals surface area contributed by atoms with E-state index in [1.54, 1.807) is 18.2 Å². The van der Waals surface area contributed by atoms with E-state index in [1.165, 1.54) is 72.8 Å². The molecule has 0 heterocycles. The van der Waals surface area contributed by atoms with Crippen molar-refractivity contribution in [3.8, 4) is 0 Å². The van der Waals surface area contributed by atoms with Crippen LogP contribution in [0.25, 0.3) is 0 Å². The molecular formula is C22H24O9S3. The second-order valence-corrected chi connectivity index (χ2v) is 13.6. The Labute approximate surface area is 199 Å². The highest BCUT2D eigenvalue weighted by Crippen LogP contribution is 2.31. The van der Waals surface area contributed by atoms with Gasteiger partial charge in [-0.2, -0.15) is 16.8 Å². The van der Waals surface area contributed by atoms with Crippen molar-refractivity contribution >= 4 is 29.9 Å². The summed E-state index contributed by atoms with van der Waals surface area (Å²) in [5.74, 6) is 0. The molecule has 184 valence electrons. The van der Waals surface area contributed by atoms with Gasteiger partial charge < -0.3 is 4.55 Å². The minimum Gasteiger partial charge on any atom is -0.304 e. The normalized spacial score (nSPS) is 14.7. The molecule has 1 unspecified atom stereocenters. The summed E-state index contributed by atoms with van der Waals surface area (Å²) in [5, 5.41) is 0. The molecule has 0 aliphatic carbocycles. The van der Waals surface area contributed by atoms with Gasteiger partial charge in [0.25, 0.3) is 20.2 Å². The van der Waals surface area contributed by atoms with Gasteiger partial charge >= 0.3 is 0 Å². The zero-order chi connectivity index (χ0) is 24.9. The van der Waals surface area contributed by atoms with Crippen molar-refractivity contribution in [3.63, 3.8) is 0 Å². The first-order chi connectivity index (χ1) is 15.9. The van der Waals surface area contributed by atoms with Crippen LogP contribution in [0, 0.1) is 0 Å². The maximum atomic E-state index is 13.1. The van der Waals surface area contributed by atoms with E-state index in [4.69, 9.17) is 12.5 Å². The fourth-order valence-corrected chi connectivity index (χ4v) is 6.19. The fourth-order valence-electron chi connectivity index (χ4n) is 2.78. The van der Waals surface area contributed by atoms with Crippen LogP contribution in [-0.4, -0.2) is 51.2 Å². The minimum absolute atomic E-state index is 0.0398. The molecule has 0 radical (unpaired) electrons. The van der Waals surface area contributed by atoms with Crippen molar-refractivity contribution in [3.05, 3.63) is 91.0 Å². The molecule has 0 saturated carbocycles. The molecule has 0 fully saturated rings. The van der Waals surface area contributed by atoms with Crippen LogP contribution in [0.5, 0.6) is 0 Å². The topological polar surface area (TPSA) is 133 Å². The Kier molecular flexibility index (Phi) is 7.72. The first-order valence-corrected chi connectivity index (χ1v) is 15.0. The molecule has 0 bridgehead atoms. The number of rotatable bonds is 11. The summed E-state index contributed by atoms with van der Waals surface area (Å²) in [6, 6.07) is 21.8. The molecule has 0 aliphatic heterocycles. The van der Waals surface area contributed by atoms with Crippen LogP contribution in [0.3, 0.4) is 0 Å². The van der Waals surface area contributed by atoms with Gasteiger partial charge in [0.1, 0.15) is 15.7 Å².